The average Bonchev–Trinajstić information content (AvgIpc) is 2.16. The van der Waals surface area contributed by atoms with Gasteiger partial charge in [0, 0.05) is 10.5 Å². The van der Waals surface area contributed by atoms with Gasteiger partial charge in [-0.25, -0.2) is 4.98 Å². The third kappa shape index (κ3) is 1.76. The lowest BCUT2D eigenvalue weighted by Crippen LogP contribution is -2.07. The van der Waals surface area contributed by atoms with E-state index in [0.29, 0.717) is 0 Å². The van der Waals surface area contributed by atoms with Gasteiger partial charge in [0.1, 0.15) is 0 Å². The summed E-state index contributed by atoms with van der Waals surface area (Å²) in [6.07, 6.45) is 1.72. The molecule has 14 heavy (non-hydrogen) atoms. The standard InChI is InChI=1S/C10H10BrN3/c1-6(12)10-5-13-8-3-2-7(11)4-9(8)14-10/h2-6H,12H2,1H3. The Bertz CT molecular complexity index is 468. The number of rotatable bonds is 1. The fraction of sp³-hybridized carbons (Fsp3) is 0.200. The molecule has 72 valence electrons. The molecule has 0 aliphatic rings. The van der Waals surface area contributed by atoms with Gasteiger partial charge in [0.25, 0.3) is 0 Å². The maximum atomic E-state index is 5.73. The van der Waals surface area contributed by atoms with Gasteiger partial charge < -0.3 is 5.73 Å². The highest BCUT2D eigenvalue weighted by atomic mass is 79.9. The van der Waals surface area contributed by atoms with E-state index >= 15 is 0 Å². The second-order valence-electron chi connectivity index (χ2n) is 3.22. The van der Waals surface area contributed by atoms with Gasteiger partial charge in [-0.2, -0.15) is 0 Å². The molecule has 0 aliphatic heterocycles. The molecule has 4 heteroatoms. The zero-order valence-corrected chi connectivity index (χ0v) is 9.32. The summed E-state index contributed by atoms with van der Waals surface area (Å²) in [5.74, 6) is 0. The van der Waals surface area contributed by atoms with Gasteiger partial charge in [-0.3, -0.25) is 4.98 Å². The van der Waals surface area contributed by atoms with Crippen LogP contribution in [0.15, 0.2) is 28.9 Å². The Hall–Kier alpha value is -1.00. The van der Waals surface area contributed by atoms with Crippen molar-refractivity contribution in [2.45, 2.75) is 13.0 Å². The molecule has 1 aromatic heterocycles. The SMILES string of the molecule is CC(N)c1cnc2ccc(Br)cc2n1. The zero-order chi connectivity index (χ0) is 10.1. The third-order valence-corrected chi connectivity index (χ3v) is 2.48. The molecule has 1 unspecified atom stereocenters. The summed E-state index contributed by atoms with van der Waals surface area (Å²) >= 11 is 3.39. The van der Waals surface area contributed by atoms with Crippen molar-refractivity contribution in [1.82, 2.24) is 9.97 Å². The van der Waals surface area contributed by atoms with Crippen LogP contribution in [0.25, 0.3) is 11.0 Å². The van der Waals surface area contributed by atoms with Crippen LogP contribution < -0.4 is 5.73 Å². The fourth-order valence-corrected chi connectivity index (χ4v) is 1.57. The van der Waals surface area contributed by atoms with Crippen LogP contribution in [0.5, 0.6) is 0 Å². The Morgan fingerprint density at radius 3 is 2.86 bits per heavy atom. The van der Waals surface area contributed by atoms with Crippen molar-refractivity contribution in [2.75, 3.05) is 0 Å². The van der Waals surface area contributed by atoms with Crippen LogP contribution in [0.2, 0.25) is 0 Å². The molecular weight excluding hydrogens is 242 g/mol. The van der Waals surface area contributed by atoms with E-state index in [1.165, 1.54) is 0 Å². The van der Waals surface area contributed by atoms with Crippen LogP contribution in [0.3, 0.4) is 0 Å². The molecule has 0 amide bonds. The first-order valence-electron chi connectivity index (χ1n) is 4.34. The number of nitrogens with zero attached hydrogens (tertiary/aromatic N) is 2. The highest BCUT2D eigenvalue weighted by Crippen LogP contribution is 2.17. The second-order valence-corrected chi connectivity index (χ2v) is 4.13. The monoisotopic (exact) mass is 251 g/mol. The summed E-state index contributed by atoms with van der Waals surface area (Å²) in [6.45, 7) is 1.90. The molecule has 2 N–H and O–H groups in total. The van der Waals surface area contributed by atoms with Crippen LogP contribution in [-0.2, 0) is 0 Å². The van der Waals surface area contributed by atoms with E-state index in [0.717, 1.165) is 21.2 Å². The van der Waals surface area contributed by atoms with E-state index < -0.39 is 0 Å². The molecule has 1 aromatic carbocycles. The van der Waals surface area contributed by atoms with E-state index in [2.05, 4.69) is 25.9 Å². The van der Waals surface area contributed by atoms with E-state index in [4.69, 9.17) is 5.73 Å². The van der Waals surface area contributed by atoms with Crippen LogP contribution in [-0.4, -0.2) is 9.97 Å². The van der Waals surface area contributed by atoms with E-state index in [1.54, 1.807) is 6.20 Å². The number of halogens is 1. The van der Waals surface area contributed by atoms with Gasteiger partial charge in [-0.1, -0.05) is 15.9 Å². The smallest absolute Gasteiger partial charge is 0.0902 e. The second kappa shape index (κ2) is 3.63. The molecule has 0 fully saturated rings. The van der Waals surface area contributed by atoms with E-state index in [-0.39, 0.29) is 6.04 Å². The van der Waals surface area contributed by atoms with Gasteiger partial charge in [0.15, 0.2) is 0 Å². The van der Waals surface area contributed by atoms with Crippen molar-refractivity contribution in [2.24, 2.45) is 5.73 Å². The van der Waals surface area contributed by atoms with Crippen molar-refractivity contribution in [3.63, 3.8) is 0 Å². The Balaban J connectivity index is 2.63. The number of nitrogens with two attached hydrogens (primary N) is 1. The maximum Gasteiger partial charge on any atom is 0.0902 e. The molecule has 0 saturated carbocycles. The molecule has 0 aliphatic carbocycles. The number of hydrogen-bond acceptors (Lipinski definition) is 3. The van der Waals surface area contributed by atoms with Crippen LogP contribution in [0.4, 0.5) is 0 Å². The molecule has 3 nitrogen and oxygen atoms in total. The number of hydrogen-bond donors (Lipinski definition) is 1. The van der Waals surface area contributed by atoms with Crippen molar-refractivity contribution < 1.29 is 0 Å². The molecule has 0 spiro atoms. The summed E-state index contributed by atoms with van der Waals surface area (Å²) in [6, 6.07) is 5.74. The summed E-state index contributed by atoms with van der Waals surface area (Å²) in [7, 11) is 0. The average molecular weight is 252 g/mol. The molecule has 0 radical (unpaired) electrons. The first-order valence-corrected chi connectivity index (χ1v) is 5.14. The number of benzene rings is 1. The van der Waals surface area contributed by atoms with Crippen molar-refractivity contribution in [3.8, 4) is 0 Å². The highest BCUT2D eigenvalue weighted by molar-refractivity contribution is 9.10. The maximum absolute atomic E-state index is 5.73. The lowest BCUT2D eigenvalue weighted by atomic mass is 10.2. The summed E-state index contributed by atoms with van der Waals surface area (Å²) in [5, 5.41) is 0. The number of aromatic nitrogens is 2. The van der Waals surface area contributed by atoms with Crippen LogP contribution in [0.1, 0.15) is 18.7 Å². The summed E-state index contributed by atoms with van der Waals surface area (Å²) in [4.78, 5) is 8.70. The normalized spacial score (nSPS) is 13.1. The third-order valence-electron chi connectivity index (χ3n) is 1.99. The van der Waals surface area contributed by atoms with Crippen molar-refractivity contribution in [1.29, 1.82) is 0 Å². The summed E-state index contributed by atoms with van der Waals surface area (Å²) in [5.41, 5.74) is 8.30. The lowest BCUT2D eigenvalue weighted by molar-refractivity contribution is 0.780. The number of fused-ring (bicyclic) bond motifs is 1. The van der Waals surface area contributed by atoms with E-state index in [9.17, 15) is 0 Å². The largest absolute Gasteiger partial charge is 0.323 e. The summed E-state index contributed by atoms with van der Waals surface area (Å²) < 4.78 is 1.00. The molecule has 2 rings (SSSR count). The van der Waals surface area contributed by atoms with Gasteiger partial charge in [-0.05, 0) is 25.1 Å². The van der Waals surface area contributed by atoms with Crippen molar-refractivity contribution >= 4 is 27.0 Å². The Morgan fingerprint density at radius 2 is 2.14 bits per heavy atom. The van der Waals surface area contributed by atoms with Gasteiger partial charge in [0.2, 0.25) is 0 Å². The fourth-order valence-electron chi connectivity index (χ4n) is 1.22. The quantitative estimate of drug-likeness (QED) is 0.847. The van der Waals surface area contributed by atoms with Gasteiger partial charge in [0.05, 0.1) is 22.9 Å². The Labute approximate surface area is 90.5 Å². The minimum atomic E-state index is -0.0779. The predicted octanol–water partition coefficient (Wildman–Crippen LogP) is 2.41. The minimum absolute atomic E-state index is 0.0779. The lowest BCUT2D eigenvalue weighted by Gasteiger charge is -2.05. The Kier molecular flexibility index (Phi) is 2.48. The van der Waals surface area contributed by atoms with Crippen LogP contribution >= 0.6 is 15.9 Å². The highest BCUT2D eigenvalue weighted by Gasteiger charge is 2.03. The zero-order valence-electron chi connectivity index (χ0n) is 7.74. The molecule has 0 saturated heterocycles. The Morgan fingerprint density at radius 1 is 1.36 bits per heavy atom. The van der Waals surface area contributed by atoms with Crippen molar-refractivity contribution in [3.05, 3.63) is 34.6 Å². The van der Waals surface area contributed by atoms with Gasteiger partial charge in [-0.15, -0.1) is 0 Å². The predicted molar refractivity (Wildman–Crippen MR) is 59.8 cm³/mol. The van der Waals surface area contributed by atoms with Crippen LogP contribution in [0, 0.1) is 0 Å². The first-order chi connectivity index (χ1) is 6.66. The van der Waals surface area contributed by atoms with E-state index in [1.807, 2.05) is 25.1 Å². The molecular formula is C10H10BrN3. The molecule has 2 aromatic rings. The molecule has 1 heterocycles. The topological polar surface area (TPSA) is 51.8 Å². The van der Waals surface area contributed by atoms with Gasteiger partial charge >= 0.3 is 0 Å². The molecule has 0 bridgehead atoms. The molecule has 1 atom stereocenters. The minimum Gasteiger partial charge on any atom is -0.323 e. The first kappa shape index (κ1) is 9.55.